The molecular weight excluding hydrogens is 250 g/mol. The fraction of sp³-hybridized carbons (Fsp3) is 0.500. The normalized spacial score (nSPS) is 12.6. The Balaban J connectivity index is 2.66. The molecule has 0 aliphatic heterocycles. The zero-order chi connectivity index (χ0) is 10.7. The summed E-state index contributed by atoms with van der Waals surface area (Å²) in [6.45, 7) is 1.85. The Morgan fingerprint density at radius 2 is 2.50 bits per heavy atom. The molecule has 0 saturated heterocycles. The summed E-state index contributed by atoms with van der Waals surface area (Å²) >= 11 is 3.23. The van der Waals surface area contributed by atoms with E-state index in [9.17, 15) is 4.79 Å². The van der Waals surface area contributed by atoms with Crippen molar-refractivity contribution in [1.82, 2.24) is 15.1 Å². The highest BCUT2D eigenvalue weighted by Crippen LogP contribution is 2.14. The topological polar surface area (TPSA) is 67.2 Å². The number of hydrogen-bond acceptors (Lipinski definition) is 3. The zero-order valence-corrected chi connectivity index (χ0v) is 9.58. The molecule has 2 N–H and O–H groups in total. The molecule has 0 fully saturated rings. The third-order valence-corrected chi connectivity index (χ3v) is 2.61. The van der Waals surface area contributed by atoms with Crippen molar-refractivity contribution >= 4 is 21.8 Å². The molecule has 0 radical (unpaired) electrons. The van der Waals surface area contributed by atoms with E-state index in [0.29, 0.717) is 10.2 Å². The number of nitrogens with zero attached hydrogens (tertiary/aromatic N) is 2. The molecule has 78 valence electrons. The standard InChI is InChI=1S/C8H12BrN3O2/c1-5(13)3-10-8(14)6-4-11-12(2)7(6)9/h4-5,13H,3H2,1-2H3,(H,10,14). The number of aromatic nitrogens is 2. The SMILES string of the molecule is CC(O)CNC(=O)c1cnn(C)c1Br. The van der Waals surface area contributed by atoms with Crippen LogP contribution in [0.3, 0.4) is 0 Å². The van der Waals surface area contributed by atoms with Crippen LogP contribution in [-0.2, 0) is 7.05 Å². The molecular formula is C8H12BrN3O2. The minimum absolute atomic E-state index is 0.236. The number of aryl methyl sites for hydroxylation is 1. The molecule has 0 aliphatic rings. The van der Waals surface area contributed by atoms with Gasteiger partial charge in [-0.3, -0.25) is 9.48 Å². The lowest BCUT2D eigenvalue weighted by Crippen LogP contribution is -2.30. The van der Waals surface area contributed by atoms with Crippen LogP contribution in [0.2, 0.25) is 0 Å². The monoisotopic (exact) mass is 261 g/mol. The molecule has 1 heterocycles. The Labute approximate surface area is 90.2 Å². The Morgan fingerprint density at radius 1 is 1.86 bits per heavy atom. The molecule has 1 atom stereocenters. The third-order valence-electron chi connectivity index (χ3n) is 1.67. The van der Waals surface area contributed by atoms with Crippen LogP contribution in [-0.4, -0.2) is 33.4 Å². The molecule has 0 aromatic carbocycles. The minimum atomic E-state index is -0.547. The van der Waals surface area contributed by atoms with Crippen LogP contribution in [0.25, 0.3) is 0 Å². The summed E-state index contributed by atoms with van der Waals surface area (Å²) in [5.41, 5.74) is 0.466. The number of carbonyl (C=O) groups excluding carboxylic acids is 1. The number of aliphatic hydroxyl groups excluding tert-OH is 1. The lowest BCUT2D eigenvalue weighted by atomic mass is 10.3. The van der Waals surface area contributed by atoms with E-state index in [1.54, 1.807) is 18.7 Å². The van der Waals surface area contributed by atoms with Crippen molar-refractivity contribution < 1.29 is 9.90 Å². The largest absolute Gasteiger partial charge is 0.392 e. The second-order valence-corrected chi connectivity index (χ2v) is 3.78. The highest BCUT2D eigenvalue weighted by molar-refractivity contribution is 9.10. The van der Waals surface area contributed by atoms with Crippen LogP contribution in [0.4, 0.5) is 0 Å². The van der Waals surface area contributed by atoms with Gasteiger partial charge in [0.05, 0.1) is 17.9 Å². The predicted molar refractivity (Wildman–Crippen MR) is 54.9 cm³/mol. The van der Waals surface area contributed by atoms with E-state index >= 15 is 0 Å². The molecule has 1 amide bonds. The molecule has 6 heteroatoms. The van der Waals surface area contributed by atoms with Gasteiger partial charge in [-0.25, -0.2) is 0 Å². The highest BCUT2D eigenvalue weighted by Gasteiger charge is 2.13. The Morgan fingerprint density at radius 3 is 2.93 bits per heavy atom. The number of nitrogens with one attached hydrogen (secondary N) is 1. The van der Waals surface area contributed by atoms with Gasteiger partial charge in [-0.15, -0.1) is 0 Å². The quantitative estimate of drug-likeness (QED) is 0.822. The first kappa shape index (κ1) is 11.2. The van der Waals surface area contributed by atoms with Gasteiger partial charge in [0, 0.05) is 13.6 Å². The minimum Gasteiger partial charge on any atom is -0.392 e. The van der Waals surface area contributed by atoms with Crippen molar-refractivity contribution in [2.75, 3.05) is 6.54 Å². The first-order valence-electron chi connectivity index (χ1n) is 4.16. The van der Waals surface area contributed by atoms with Gasteiger partial charge in [0.25, 0.3) is 5.91 Å². The van der Waals surface area contributed by atoms with Crippen molar-refractivity contribution in [1.29, 1.82) is 0 Å². The summed E-state index contributed by atoms with van der Waals surface area (Å²) < 4.78 is 2.18. The molecule has 0 aliphatic carbocycles. The molecule has 5 nitrogen and oxygen atoms in total. The van der Waals surface area contributed by atoms with E-state index < -0.39 is 6.10 Å². The maximum Gasteiger partial charge on any atom is 0.255 e. The highest BCUT2D eigenvalue weighted by atomic mass is 79.9. The predicted octanol–water partition coefficient (Wildman–Crippen LogP) is 0.293. The number of rotatable bonds is 3. The van der Waals surface area contributed by atoms with Crippen molar-refractivity contribution in [3.63, 3.8) is 0 Å². The van der Waals surface area contributed by atoms with Crippen LogP contribution >= 0.6 is 15.9 Å². The van der Waals surface area contributed by atoms with Crippen LogP contribution in [0.15, 0.2) is 10.8 Å². The van der Waals surface area contributed by atoms with Gasteiger partial charge < -0.3 is 10.4 Å². The molecule has 1 aromatic rings. The van der Waals surface area contributed by atoms with Crippen LogP contribution in [0.5, 0.6) is 0 Å². The molecule has 0 bridgehead atoms. The number of halogens is 1. The van der Waals surface area contributed by atoms with Crippen molar-refractivity contribution in [3.05, 3.63) is 16.4 Å². The van der Waals surface area contributed by atoms with E-state index in [4.69, 9.17) is 5.11 Å². The van der Waals surface area contributed by atoms with E-state index in [1.165, 1.54) is 6.20 Å². The summed E-state index contributed by atoms with van der Waals surface area (Å²) in [4.78, 5) is 11.5. The fourth-order valence-corrected chi connectivity index (χ4v) is 1.28. The second kappa shape index (κ2) is 4.56. The van der Waals surface area contributed by atoms with E-state index in [-0.39, 0.29) is 12.5 Å². The molecule has 1 aromatic heterocycles. The number of amides is 1. The van der Waals surface area contributed by atoms with Gasteiger partial charge in [0.1, 0.15) is 4.60 Å². The lowest BCUT2D eigenvalue weighted by molar-refractivity contribution is 0.0923. The lowest BCUT2D eigenvalue weighted by Gasteiger charge is -2.05. The van der Waals surface area contributed by atoms with Gasteiger partial charge in [-0.05, 0) is 22.9 Å². The Hall–Kier alpha value is -0.880. The van der Waals surface area contributed by atoms with Gasteiger partial charge in [0.2, 0.25) is 0 Å². The van der Waals surface area contributed by atoms with E-state index in [2.05, 4.69) is 26.3 Å². The summed E-state index contributed by atoms with van der Waals surface area (Å²) in [6.07, 6.45) is 0.927. The Kier molecular flexibility index (Phi) is 3.65. The summed E-state index contributed by atoms with van der Waals surface area (Å²) in [7, 11) is 1.73. The first-order chi connectivity index (χ1) is 6.52. The van der Waals surface area contributed by atoms with E-state index in [0.717, 1.165) is 0 Å². The molecule has 1 unspecified atom stereocenters. The number of aliphatic hydroxyl groups is 1. The molecule has 14 heavy (non-hydrogen) atoms. The summed E-state index contributed by atoms with van der Waals surface area (Å²) in [5, 5.41) is 15.5. The average molecular weight is 262 g/mol. The van der Waals surface area contributed by atoms with E-state index in [1.807, 2.05) is 0 Å². The molecule has 1 rings (SSSR count). The summed E-state index contributed by atoms with van der Waals surface area (Å²) in [5.74, 6) is -0.245. The van der Waals surface area contributed by atoms with Crippen molar-refractivity contribution in [2.24, 2.45) is 7.05 Å². The zero-order valence-electron chi connectivity index (χ0n) is 7.99. The van der Waals surface area contributed by atoms with Crippen LogP contribution < -0.4 is 5.32 Å². The average Bonchev–Trinajstić information content (AvgIpc) is 2.44. The smallest absolute Gasteiger partial charge is 0.255 e. The second-order valence-electron chi connectivity index (χ2n) is 3.03. The van der Waals surface area contributed by atoms with Crippen LogP contribution in [0.1, 0.15) is 17.3 Å². The van der Waals surface area contributed by atoms with Crippen molar-refractivity contribution in [3.8, 4) is 0 Å². The van der Waals surface area contributed by atoms with Gasteiger partial charge >= 0.3 is 0 Å². The molecule has 0 saturated carbocycles. The maximum atomic E-state index is 11.5. The van der Waals surface area contributed by atoms with Gasteiger partial charge in [-0.2, -0.15) is 5.10 Å². The molecule has 0 spiro atoms. The van der Waals surface area contributed by atoms with Crippen molar-refractivity contribution in [2.45, 2.75) is 13.0 Å². The number of hydrogen-bond donors (Lipinski definition) is 2. The van der Waals surface area contributed by atoms with Gasteiger partial charge in [0.15, 0.2) is 0 Å². The third kappa shape index (κ3) is 2.55. The number of carbonyl (C=O) groups is 1. The first-order valence-corrected chi connectivity index (χ1v) is 4.95. The maximum absolute atomic E-state index is 11.5. The Bertz CT molecular complexity index is 335. The fourth-order valence-electron chi connectivity index (χ4n) is 0.911. The summed E-state index contributed by atoms with van der Waals surface area (Å²) in [6, 6.07) is 0. The van der Waals surface area contributed by atoms with Gasteiger partial charge in [-0.1, -0.05) is 0 Å². The van der Waals surface area contributed by atoms with Crippen LogP contribution in [0, 0.1) is 0 Å².